The number of piperidine rings is 1. The third-order valence-electron chi connectivity index (χ3n) is 4.24. The van der Waals surface area contributed by atoms with E-state index in [9.17, 15) is 14.7 Å². The molecule has 2 rings (SSSR count). The number of hydrogen-bond donors (Lipinski definition) is 2. The first-order chi connectivity index (χ1) is 8.02. The first-order valence-electron chi connectivity index (χ1n) is 5.60. The standard InChI is InChI=1S/C11H14N2O4/c12-4-3-11(9(14)15)7-1-2-8(11)6-13(5-7)10(16)17/h7-8H,1-3,5-6H2,(H,14,15)(H,16,17). The van der Waals surface area contributed by atoms with Crippen LogP contribution < -0.4 is 0 Å². The summed E-state index contributed by atoms with van der Waals surface area (Å²) in [5, 5.41) is 27.2. The second-order valence-corrected chi connectivity index (χ2v) is 4.84. The summed E-state index contributed by atoms with van der Waals surface area (Å²) < 4.78 is 0. The van der Waals surface area contributed by atoms with Crippen LogP contribution in [0.1, 0.15) is 19.3 Å². The lowest BCUT2D eigenvalue weighted by molar-refractivity contribution is -0.157. The van der Waals surface area contributed by atoms with Gasteiger partial charge in [-0.25, -0.2) is 4.79 Å². The van der Waals surface area contributed by atoms with Gasteiger partial charge in [0.05, 0.1) is 17.9 Å². The van der Waals surface area contributed by atoms with Crippen molar-refractivity contribution in [1.29, 1.82) is 5.26 Å². The zero-order chi connectivity index (χ0) is 12.6. The highest BCUT2D eigenvalue weighted by Gasteiger charge is 2.59. The fourth-order valence-corrected chi connectivity index (χ4v) is 3.37. The molecular formula is C11H14N2O4. The minimum Gasteiger partial charge on any atom is -0.481 e. The minimum absolute atomic E-state index is 0.0227. The molecule has 6 nitrogen and oxygen atoms in total. The molecule has 2 atom stereocenters. The molecule has 1 aliphatic heterocycles. The van der Waals surface area contributed by atoms with E-state index in [2.05, 4.69) is 0 Å². The highest BCUT2D eigenvalue weighted by atomic mass is 16.4. The second kappa shape index (κ2) is 3.91. The van der Waals surface area contributed by atoms with Gasteiger partial charge in [0.2, 0.25) is 0 Å². The van der Waals surface area contributed by atoms with E-state index in [0.29, 0.717) is 12.8 Å². The third kappa shape index (κ3) is 1.54. The van der Waals surface area contributed by atoms with Gasteiger partial charge in [0.25, 0.3) is 0 Å². The van der Waals surface area contributed by atoms with Crippen molar-refractivity contribution in [2.75, 3.05) is 13.1 Å². The van der Waals surface area contributed by atoms with E-state index in [0.717, 1.165) is 0 Å². The molecule has 6 heteroatoms. The molecule has 2 bridgehead atoms. The van der Waals surface area contributed by atoms with E-state index in [4.69, 9.17) is 10.4 Å². The van der Waals surface area contributed by atoms with Crippen molar-refractivity contribution in [2.24, 2.45) is 17.3 Å². The fraction of sp³-hybridized carbons (Fsp3) is 0.727. The molecule has 1 heterocycles. The molecule has 1 saturated carbocycles. The normalized spacial score (nSPS) is 35.4. The summed E-state index contributed by atoms with van der Waals surface area (Å²) in [7, 11) is 0. The maximum atomic E-state index is 11.5. The molecule has 1 saturated heterocycles. The zero-order valence-corrected chi connectivity index (χ0v) is 9.30. The Hall–Kier alpha value is -1.77. The Morgan fingerprint density at radius 3 is 2.18 bits per heavy atom. The number of hydrogen-bond acceptors (Lipinski definition) is 3. The van der Waals surface area contributed by atoms with E-state index >= 15 is 0 Å². The third-order valence-corrected chi connectivity index (χ3v) is 4.24. The maximum Gasteiger partial charge on any atom is 0.407 e. The lowest BCUT2D eigenvalue weighted by atomic mass is 9.67. The van der Waals surface area contributed by atoms with Gasteiger partial charge in [0.15, 0.2) is 0 Å². The van der Waals surface area contributed by atoms with Gasteiger partial charge in [0, 0.05) is 13.1 Å². The highest BCUT2D eigenvalue weighted by molar-refractivity contribution is 5.77. The van der Waals surface area contributed by atoms with Crippen LogP contribution in [-0.2, 0) is 4.79 Å². The second-order valence-electron chi connectivity index (χ2n) is 4.84. The number of nitrogens with zero attached hydrogens (tertiary/aromatic N) is 2. The quantitative estimate of drug-likeness (QED) is 0.746. The molecule has 1 amide bonds. The number of carbonyl (C=O) groups is 2. The molecule has 17 heavy (non-hydrogen) atoms. The van der Waals surface area contributed by atoms with Crippen LogP contribution in [0.25, 0.3) is 0 Å². The average Bonchev–Trinajstić information content (AvgIpc) is 2.48. The first-order valence-corrected chi connectivity index (χ1v) is 5.60. The van der Waals surface area contributed by atoms with Gasteiger partial charge in [-0.15, -0.1) is 0 Å². The van der Waals surface area contributed by atoms with Crippen LogP contribution in [0.15, 0.2) is 0 Å². The molecule has 0 aromatic rings. The number of rotatable bonds is 2. The van der Waals surface area contributed by atoms with E-state index in [1.165, 1.54) is 4.90 Å². The van der Waals surface area contributed by atoms with E-state index < -0.39 is 17.5 Å². The van der Waals surface area contributed by atoms with Crippen LogP contribution in [0, 0.1) is 28.6 Å². The van der Waals surface area contributed by atoms with Gasteiger partial charge >= 0.3 is 12.1 Å². The fourth-order valence-electron chi connectivity index (χ4n) is 3.37. The molecule has 92 valence electrons. The van der Waals surface area contributed by atoms with Crippen molar-refractivity contribution in [2.45, 2.75) is 19.3 Å². The summed E-state index contributed by atoms with van der Waals surface area (Å²) in [4.78, 5) is 23.7. The topological polar surface area (TPSA) is 102 Å². The van der Waals surface area contributed by atoms with Crippen LogP contribution in [0.2, 0.25) is 0 Å². The van der Waals surface area contributed by atoms with E-state index in [-0.39, 0.29) is 31.3 Å². The summed E-state index contributed by atoms with van der Waals surface area (Å²) >= 11 is 0. The van der Waals surface area contributed by atoms with Crippen molar-refractivity contribution in [3.63, 3.8) is 0 Å². The highest BCUT2D eigenvalue weighted by Crippen LogP contribution is 2.53. The minimum atomic E-state index is -1.03. The number of carboxylic acids is 1. The molecule has 0 radical (unpaired) electrons. The Bertz CT molecular complexity index is 387. The Balaban J connectivity index is 2.31. The van der Waals surface area contributed by atoms with Crippen LogP contribution in [0.3, 0.4) is 0 Å². The van der Waals surface area contributed by atoms with Gasteiger partial charge < -0.3 is 15.1 Å². The van der Waals surface area contributed by atoms with Gasteiger partial charge in [-0.3, -0.25) is 4.79 Å². The Morgan fingerprint density at radius 1 is 1.29 bits per heavy atom. The number of carboxylic acid groups (broad SMARTS) is 2. The van der Waals surface area contributed by atoms with Crippen LogP contribution in [0.4, 0.5) is 4.79 Å². The van der Waals surface area contributed by atoms with Crippen molar-refractivity contribution >= 4 is 12.1 Å². The van der Waals surface area contributed by atoms with Crippen LogP contribution >= 0.6 is 0 Å². The number of fused-ring (bicyclic) bond motifs is 2. The van der Waals surface area contributed by atoms with Gasteiger partial charge in [-0.1, -0.05) is 0 Å². The molecule has 0 aromatic carbocycles. The molecule has 2 fully saturated rings. The predicted molar refractivity (Wildman–Crippen MR) is 56.1 cm³/mol. The monoisotopic (exact) mass is 238 g/mol. The van der Waals surface area contributed by atoms with E-state index in [1.807, 2.05) is 6.07 Å². The number of amides is 1. The van der Waals surface area contributed by atoms with Crippen LogP contribution in [0.5, 0.6) is 0 Å². The van der Waals surface area contributed by atoms with Crippen molar-refractivity contribution in [1.82, 2.24) is 4.90 Å². The van der Waals surface area contributed by atoms with Gasteiger partial charge in [-0.05, 0) is 24.7 Å². The van der Waals surface area contributed by atoms with Gasteiger partial charge in [-0.2, -0.15) is 5.26 Å². The lowest BCUT2D eigenvalue weighted by Gasteiger charge is -2.42. The van der Waals surface area contributed by atoms with Crippen molar-refractivity contribution in [3.8, 4) is 6.07 Å². The predicted octanol–water partition coefficient (Wildman–Crippen LogP) is 0.991. The lowest BCUT2D eigenvalue weighted by Crippen LogP contribution is -2.54. The first kappa shape index (κ1) is 11.7. The Kier molecular flexibility index (Phi) is 2.69. The molecule has 1 aliphatic carbocycles. The zero-order valence-electron chi connectivity index (χ0n) is 9.30. The largest absolute Gasteiger partial charge is 0.481 e. The summed E-state index contributed by atoms with van der Waals surface area (Å²) in [6, 6.07) is 1.96. The summed E-state index contributed by atoms with van der Waals surface area (Å²) in [5.41, 5.74) is -1.03. The summed E-state index contributed by atoms with van der Waals surface area (Å²) in [5.74, 6) is -1.40. The molecule has 2 aliphatic rings. The Morgan fingerprint density at radius 2 is 1.82 bits per heavy atom. The molecule has 2 unspecified atom stereocenters. The molecule has 0 aromatic heterocycles. The van der Waals surface area contributed by atoms with Crippen molar-refractivity contribution < 1.29 is 19.8 Å². The van der Waals surface area contributed by atoms with Crippen LogP contribution in [-0.4, -0.2) is 40.3 Å². The van der Waals surface area contributed by atoms with Crippen molar-refractivity contribution in [3.05, 3.63) is 0 Å². The smallest absolute Gasteiger partial charge is 0.407 e. The Labute approximate surface area is 98.4 Å². The number of aliphatic carboxylic acids is 1. The maximum absolute atomic E-state index is 11.5. The molecular weight excluding hydrogens is 224 g/mol. The summed E-state index contributed by atoms with van der Waals surface area (Å²) in [6.07, 6.45) is 0.369. The summed E-state index contributed by atoms with van der Waals surface area (Å²) in [6.45, 7) is 0.472. The molecule has 2 N–H and O–H groups in total. The number of likely N-dealkylation sites (tertiary alicyclic amines) is 1. The van der Waals surface area contributed by atoms with E-state index in [1.54, 1.807) is 0 Å². The molecule has 0 spiro atoms. The average molecular weight is 238 g/mol. The number of nitriles is 1. The van der Waals surface area contributed by atoms with Gasteiger partial charge in [0.1, 0.15) is 0 Å². The SMILES string of the molecule is N#CCC1(C(=O)O)C2CCC1CN(C(=O)O)C2.